The normalized spacial score (nSPS) is 16.1. The third kappa shape index (κ3) is 2.67. The Bertz CT molecular complexity index is 598. The van der Waals surface area contributed by atoms with E-state index in [4.69, 9.17) is 0 Å². The van der Waals surface area contributed by atoms with Gasteiger partial charge in [0.1, 0.15) is 0 Å². The first-order valence-electron chi connectivity index (χ1n) is 6.44. The fourth-order valence-electron chi connectivity index (χ4n) is 2.15. The molecular formula is C12H17N3O4S. The highest BCUT2D eigenvalue weighted by Crippen LogP contribution is 2.28. The van der Waals surface area contributed by atoms with Crippen LogP contribution in [0.5, 0.6) is 0 Å². The van der Waals surface area contributed by atoms with E-state index in [1.54, 1.807) is 0 Å². The van der Waals surface area contributed by atoms with Crippen molar-refractivity contribution in [3.05, 3.63) is 34.4 Å². The minimum atomic E-state index is -3.85. The zero-order chi connectivity index (χ0) is 14.8. The second-order valence-electron chi connectivity index (χ2n) is 4.65. The molecule has 1 fully saturated rings. The number of nitro groups is 1. The Kier molecular flexibility index (Phi) is 4.36. The van der Waals surface area contributed by atoms with Crippen molar-refractivity contribution >= 4 is 15.7 Å². The molecule has 7 nitrogen and oxygen atoms in total. The lowest BCUT2D eigenvalue weighted by atomic mass is 10.2. The third-order valence-electron chi connectivity index (χ3n) is 3.26. The van der Waals surface area contributed by atoms with Gasteiger partial charge in [0.05, 0.1) is 11.0 Å². The van der Waals surface area contributed by atoms with Gasteiger partial charge < -0.3 is 5.32 Å². The third-order valence-corrected chi connectivity index (χ3v) is 5.26. The largest absolute Gasteiger partial charge is 0.313 e. The van der Waals surface area contributed by atoms with Gasteiger partial charge in [0.2, 0.25) is 10.0 Å². The lowest BCUT2D eigenvalue weighted by Gasteiger charge is -2.36. The Morgan fingerprint density at radius 1 is 1.40 bits per heavy atom. The van der Waals surface area contributed by atoms with Crippen LogP contribution < -0.4 is 5.32 Å². The van der Waals surface area contributed by atoms with Gasteiger partial charge in [0.15, 0.2) is 4.90 Å². The maximum atomic E-state index is 12.7. The molecular weight excluding hydrogens is 282 g/mol. The van der Waals surface area contributed by atoms with Crippen molar-refractivity contribution < 1.29 is 13.3 Å². The summed E-state index contributed by atoms with van der Waals surface area (Å²) in [5.41, 5.74) is -0.374. The van der Waals surface area contributed by atoms with Crippen molar-refractivity contribution in [3.63, 3.8) is 0 Å². The number of nitrogens with zero attached hydrogens (tertiary/aromatic N) is 2. The molecule has 0 bridgehead atoms. The van der Waals surface area contributed by atoms with Gasteiger partial charge in [-0.05, 0) is 12.5 Å². The highest BCUT2D eigenvalue weighted by molar-refractivity contribution is 7.89. The summed E-state index contributed by atoms with van der Waals surface area (Å²) >= 11 is 0. The average molecular weight is 299 g/mol. The number of hydrogen-bond acceptors (Lipinski definition) is 5. The molecule has 0 saturated carbocycles. The Hall–Kier alpha value is -1.51. The lowest BCUT2D eigenvalue weighted by Crippen LogP contribution is -2.58. The molecule has 1 aromatic rings. The van der Waals surface area contributed by atoms with Crippen LogP contribution in [0.4, 0.5) is 5.69 Å². The number of sulfonamides is 1. The van der Waals surface area contributed by atoms with Crippen LogP contribution in [-0.2, 0) is 10.0 Å². The SMILES string of the molecule is CCCN(C1CNC1)S(=O)(=O)c1ccccc1[N+](=O)[O-]. The second kappa shape index (κ2) is 5.86. The maximum absolute atomic E-state index is 12.7. The molecule has 1 aromatic carbocycles. The van der Waals surface area contributed by atoms with Crippen molar-refractivity contribution in [1.82, 2.24) is 9.62 Å². The van der Waals surface area contributed by atoms with Crippen LogP contribution >= 0.6 is 0 Å². The quantitative estimate of drug-likeness (QED) is 0.624. The Labute approximate surface area is 117 Å². The fourth-order valence-corrected chi connectivity index (χ4v) is 4.02. The topological polar surface area (TPSA) is 92.6 Å². The minimum absolute atomic E-state index is 0.125. The molecule has 1 aliphatic heterocycles. The smallest absolute Gasteiger partial charge is 0.289 e. The van der Waals surface area contributed by atoms with Gasteiger partial charge in [-0.2, -0.15) is 4.31 Å². The molecule has 1 saturated heterocycles. The van der Waals surface area contributed by atoms with Crippen LogP contribution in [0.15, 0.2) is 29.2 Å². The predicted octanol–water partition coefficient (Wildman–Crippen LogP) is 0.967. The highest BCUT2D eigenvalue weighted by atomic mass is 32.2. The van der Waals surface area contributed by atoms with E-state index in [2.05, 4.69) is 5.32 Å². The molecule has 0 spiro atoms. The molecule has 0 aliphatic carbocycles. The van der Waals surface area contributed by atoms with Crippen molar-refractivity contribution in [1.29, 1.82) is 0 Å². The van der Waals surface area contributed by atoms with Crippen molar-refractivity contribution in [3.8, 4) is 0 Å². The predicted molar refractivity (Wildman–Crippen MR) is 73.9 cm³/mol. The summed E-state index contributed by atoms with van der Waals surface area (Å²) in [5.74, 6) is 0. The summed E-state index contributed by atoms with van der Waals surface area (Å²) in [7, 11) is -3.85. The zero-order valence-electron chi connectivity index (χ0n) is 11.2. The Balaban J connectivity index is 2.44. The van der Waals surface area contributed by atoms with Gasteiger partial charge >= 0.3 is 0 Å². The molecule has 0 aromatic heterocycles. The number of nitrogens with one attached hydrogen (secondary N) is 1. The summed E-state index contributed by atoms with van der Waals surface area (Å²) in [6.07, 6.45) is 0.663. The number of rotatable bonds is 6. The fraction of sp³-hybridized carbons (Fsp3) is 0.500. The van der Waals surface area contributed by atoms with Crippen LogP contribution in [0.3, 0.4) is 0 Å². The lowest BCUT2D eigenvalue weighted by molar-refractivity contribution is -0.387. The second-order valence-corrected chi connectivity index (χ2v) is 6.51. The summed E-state index contributed by atoms with van der Waals surface area (Å²) < 4.78 is 26.7. The maximum Gasteiger partial charge on any atom is 0.289 e. The Morgan fingerprint density at radius 2 is 2.05 bits per heavy atom. The summed E-state index contributed by atoms with van der Waals surface area (Å²) in [5, 5.41) is 14.0. The number of nitro benzene ring substituents is 1. The van der Waals surface area contributed by atoms with Gasteiger partial charge in [-0.1, -0.05) is 19.1 Å². The minimum Gasteiger partial charge on any atom is -0.313 e. The molecule has 0 unspecified atom stereocenters. The first kappa shape index (κ1) is 14.9. The molecule has 1 N–H and O–H groups in total. The summed E-state index contributed by atoms with van der Waals surface area (Å²) in [6.45, 7) is 3.41. The summed E-state index contributed by atoms with van der Waals surface area (Å²) in [6, 6.07) is 5.35. The molecule has 20 heavy (non-hydrogen) atoms. The summed E-state index contributed by atoms with van der Waals surface area (Å²) in [4.78, 5) is 10.1. The van der Waals surface area contributed by atoms with Gasteiger partial charge in [0.25, 0.3) is 5.69 Å². The van der Waals surface area contributed by atoms with E-state index in [-0.39, 0.29) is 16.6 Å². The van der Waals surface area contributed by atoms with E-state index in [0.29, 0.717) is 26.1 Å². The zero-order valence-corrected chi connectivity index (χ0v) is 12.0. The average Bonchev–Trinajstić information content (AvgIpc) is 2.36. The molecule has 0 amide bonds. The van der Waals surface area contributed by atoms with Gasteiger partial charge in [0, 0.05) is 25.7 Å². The van der Waals surface area contributed by atoms with E-state index >= 15 is 0 Å². The van der Waals surface area contributed by atoms with Crippen LogP contribution in [-0.4, -0.2) is 43.3 Å². The van der Waals surface area contributed by atoms with Gasteiger partial charge in [-0.15, -0.1) is 0 Å². The van der Waals surface area contributed by atoms with Crippen LogP contribution in [0.2, 0.25) is 0 Å². The van der Waals surface area contributed by atoms with E-state index in [1.165, 1.54) is 28.6 Å². The van der Waals surface area contributed by atoms with E-state index < -0.39 is 14.9 Å². The molecule has 8 heteroatoms. The molecule has 2 rings (SSSR count). The molecule has 1 heterocycles. The van der Waals surface area contributed by atoms with Gasteiger partial charge in [-0.3, -0.25) is 10.1 Å². The standard InChI is InChI=1S/C12H17N3O4S/c1-2-7-14(10-8-13-9-10)20(18,19)12-6-4-3-5-11(12)15(16)17/h3-6,10,13H,2,7-9H2,1H3. The molecule has 110 valence electrons. The van der Waals surface area contributed by atoms with Crippen LogP contribution in [0, 0.1) is 10.1 Å². The number of para-hydroxylation sites is 1. The Morgan fingerprint density at radius 3 is 2.55 bits per heavy atom. The molecule has 0 radical (unpaired) electrons. The van der Waals surface area contributed by atoms with E-state index in [9.17, 15) is 18.5 Å². The molecule has 0 atom stereocenters. The van der Waals surface area contributed by atoms with Crippen molar-refractivity contribution in [2.24, 2.45) is 0 Å². The monoisotopic (exact) mass is 299 g/mol. The number of benzene rings is 1. The first-order chi connectivity index (χ1) is 9.48. The first-order valence-corrected chi connectivity index (χ1v) is 7.88. The van der Waals surface area contributed by atoms with Gasteiger partial charge in [-0.25, -0.2) is 8.42 Å². The van der Waals surface area contributed by atoms with Crippen molar-refractivity contribution in [2.45, 2.75) is 24.3 Å². The van der Waals surface area contributed by atoms with Crippen molar-refractivity contribution in [2.75, 3.05) is 19.6 Å². The van der Waals surface area contributed by atoms with E-state index in [0.717, 1.165) is 0 Å². The molecule has 1 aliphatic rings. The van der Waals surface area contributed by atoms with Crippen LogP contribution in [0.25, 0.3) is 0 Å². The van der Waals surface area contributed by atoms with Crippen LogP contribution in [0.1, 0.15) is 13.3 Å². The van der Waals surface area contributed by atoms with E-state index in [1.807, 2.05) is 6.92 Å². The number of hydrogen-bond donors (Lipinski definition) is 1. The highest BCUT2D eigenvalue weighted by Gasteiger charge is 2.37.